The van der Waals surface area contributed by atoms with E-state index in [1.807, 2.05) is 19.2 Å². The topological polar surface area (TPSA) is 50.7 Å². The Morgan fingerprint density at radius 1 is 1.25 bits per heavy atom. The third-order valence-corrected chi connectivity index (χ3v) is 4.56. The monoisotopic (exact) mass is 332 g/mol. The normalized spacial score (nSPS) is 15.5. The van der Waals surface area contributed by atoms with Gasteiger partial charge in [0.2, 0.25) is 0 Å². The molecule has 2 aromatic rings. The van der Waals surface area contributed by atoms with Gasteiger partial charge in [0.1, 0.15) is 5.82 Å². The smallest absolute Gasteiger partial charge is 0.163 e. The summed E-state index contributed by atoms with van der Waals surface area (Å²) >= 11 is 3.66. The molecule has 1 fully saturated rings. The maximum Gasteiger partial charge on any atom is 0.163 e. The number of hydrogen-bond acceptors (Lipinski definition) is 4. The predicted molar refractivity (Wildman–Crippen MR) is 83.7 cm³/mol. The predicted octanol–water partition coefficient (Wildman–Crippen LogP) is 4.00. The van der Waals surface area contributed by atoms with Crippen molar-refractivity contribution in [3.05, 3.63) is 34.7 Å². The summed E-state index contributed by atoms with van der Waals surface area (Å²) in [6.07, 6.45) is 8.58. The number of nitrogens with one attached hydrogen (secondary N) is 1. The third kappa shape index (κ3) is 2.54. The van der Waals surface area contributed by atoms with E-state index in [0.29, 0.717) is 5.92 Å². The molecule has 0 atom stereocenters. The first-order valence-electron chi connectivity index (χ1n) is 6.95. The van der Waals surface area contributed by atoms with Crippen LogP contribution in [0.1, 0.15) is 37.3 Å². The van der Waals surface area contributed by atoms with Crippen LogP contribution in [0.5, 0.6) is 0 Å². The van der Waals surface area contributed by atoms with Crippen molar-refractivity contribution in [2.45, 2.75) is 31.6 Å². The van der Waals surface area contributed by atoms with E-state index >= 15 is 0 Å². The van der Waals surface area contributed by atoms with E-state index in [-0.39, 0.29) is 0 Å². The summed E-state index contributed by atoms with van der Waals surface area (Å²) in [5.74, 6) is 2.13. The van der Waals surface area contributed by atoms with E-state index in [0.717, 1.165) is 27.4 Å². The quantitative estimate of drug-likeness (QED) is 0.922. The van der Waals surface area contributed by atoms with Gasteiger partial charge in [-0.2, -0.15) is 0 Å². The Balaban J connectivity index is 2.09. The number of rotatable bonds is 3. The van der Waals surface area contributed by atoms with Gasteiger partial charge in [0.05, 0.1) is 10.2 Å². The standard InChI is InChI=1S/C15H17BrN4/c1-17-15-12(16)13(10-5-2-3-6-10)19-14(20-15)11-7-4-8-18-9-11/h4,7-10H,2-3,5-6H2,1H3,(H,17,19,20). The van der Waals surface area contributed by atoms with Crippen LogP contribution in [-0.2, 0) is 0 Å². The maximum absolute atomic E-state index is 4.80. The van der Waals surface area contributed by atoms with Gasteiger partial charge >= 0.3 is 0 Å². The second-order valence-corrected chi connectivity index (χ2v) is 5.86. The molecule has 20 heavy (non-hydrogen) atoms. The number of halogens is 1. The minimum atomic E-state index is 0.537. The summed E-state index contributed by atoms with van der Waals surface area (Å²) < 4.78 is 1.000. The SMILES string of the molecule is CNc1nc(-c2cccnc2)nc(C2CCCC2)c1Br. The molecule has 2 heterocycles. The lowest BCUT2D eigenvalue weighted by Gasteiger charge is -2.15. The van der Waals surface area contributed by atoms with Gasteiger partial charge in [-0.15, -0.1) is 0 Å². The maximum atomic E-state index is 4.80. The molecular formula is C15H17BrN4. The molecule has 1 saturated carbocycles. The molecule has 1 aliphatic carbocycles. The van der Waals surface area contributed by atoms with Crippen LogP contribution in [0.4, 0.5) is 5.82 Å². The molecule has 5 heteroatoms. The molecule has 0 bridgehead atoms. The second kappa shape index (κ2) is 5.87. The van der Waals surface area contributed by atoms with Crippen LogP contribution in [0.3, 0.4) is 0 Å². The number of anilines is 1. The van der Waals surface area contributed by atoms with Crippen LogP contribution < -0.4 is 5.32 Å². The highest BCUT2D eigenvalue weighted by atomic mass is 79.9. The first kappa shape index (κ1) is 13.5. The molecule has 1 aliphatic rings. The zero-order valence-electron chi connectivity index (χ0n) is 11.4. The van der Waals surface area contributed by atoms with Gasteiger partial charge in [-0.3, -0.25) is 4.98 Å². The van der Waals surface area contributed by atoms with Gasteiger partial charge in [0, 0.05) is 30.9 Å². The molecule has 0 amide bonds. The highest BCUT2D eigenvalue weighted by Crippen LogP contribution is 2.39. The average molecular weight is 333 g/mol. The summed E-state index contributed by atoms with van der Waals surface area (Å²) in [5.41, 5.74) is 2.08. The summed E-state index contributed by atoms with van der Waals surface area (Å²) in [6, 6.07) is 3.91. The van der Waals surface area contributed by atoms with Gasteiger partial charge in [-0.05, 0) is 40.9 Å². The third-order valence-electron chi connectivity index (χ3n) is 3.78. The second-order valence-electron chi connectivity index (χ2n) is 5.07. The van der Waals surface area contributed by atoms with E-state index in [2.05, 4.69) is 31.2 Å². The highest BCUT2D eigenvalue weighted by Gasteiger charge is 2.24. The van der Waals surface area contributed by atoms with Gasteiger partial charge < -0.3 is 5.32 Å². The summed E-state index contributed by atoms with van der Waals surface area (Å²) in [4.78, 5) is 13.5. The van der Waals surface area contributed by atoms with E-state index in [4.69, 9.17) is 4.98 Å². The fourth-order valence-corrected chi connectivity index (χ4v) is 3.42. The molecule has 2 aromatic heterocycles. The minimum absolute atomic E-state index is 0.537. The molecular weight excluding hydrogens is 316 g/mol. The van der Waals surface area contributed by atoms with Crippen molar-refractivity contribution in [2.24, 2.45) is 0 Å². The van der Waals surface area contributed by atoms with Crippen molar-refractivity contribution in [2.75, 3.05) is 12.4 Å². The van der Waals surface area contributed by atoms with E-state index in [9.17, 15) is 0 Å². The molecule has 0 unspecified atom stereocenters. The highest BCUT2D eigenvalue weighted by molar-refractivity contribution is 9.10. The minimum Gasteiger partial charge on any atom is -0.372 e. The van der Waals surface area contributed by atoms with Crippen molar-refractivity contribution < 1.29 is 0 Å². The summed E-state index contributed by atoms with van der Waals surface area (Å²) in [6.45, 7) is 0. The molecule has 104 valence electrons. The van der Waals surface area contributed by atoms with Gasteiger partial charge in [0.25, 0.3) is 0 Å². The summed E-state index contributed by atoms with van der Waals surface area (Å²) in [7, 11) is 1.89. The van der Waals surface area contributed by atoms with Crippen LogP contribution in [-0.4, -0.2) is 22.0 Å². The van der Waals surface area contributed by atoms with Crippen LogP contribution in [0, 0.1) is 0 Å². The van der Waals surface area contributed by atoms with Crippen molar-refractivity contribution in [1.82, 2.24) is 15.0 Å². The van der Waals surface area contributed by atoms with Gasteiger partial charge in [-0.1, -0.05) is 12.8 Å². The Bertz CT molecular complexity index is 594. The van der Waals surface area contributed by atoms with Crippen molar-refractivity contribution in [3.8, 4) is 11.4 Å². The van der Waals surface area contributed by atoms with E-state index < -0.39 is 0 Å². The molecule has 0 radical (unpaired) electrons. The molecule has 4 nitrogen and oxygen atoms in total. The Kier molecular flexibility index (Phi) is 3.96. The number of pyridine rings is 1. The largest absolute Gasteiger partial charge is 0.372 e. The van der Waals surface area contributed by atoms with Crippen LogP contribution in [0.25, 0.3) is 11.4 Å². The molecule has 0 spiro atoms. The molecule has 0 aliphatic heterocycles. The van der Waals surface area contributed by atoms with Crippen molar-refractivity contribution in [3.63, 3.8) is 0 Å². The first-order valence-corrected chi connectivity index (χ1v) is 7.74. The number of hydrogen-bond donors (Lipinski definition) is 1. The lowest BCUT2D eigenvalue weighted by atomic mass is 10.0. The number of nitrogens with zero attached hydrogens (tertiary/aromatic N) is 3. The molecule has 0 aromatic carbocycles. The first-order chi connectivity index (χ1) is 9.79. The Labute approximate surface area is 127 Å². The van der Waals surface area contributed by atoms with Gasteiger partial charge in [-0.25, -0.2) is 9.97 Å². The average Bonchev–Trinajstić information content (AvgIpc) is 3.02. The van der Waals surface area contributed by atoms with E-state index in [1.54, 1.807) is 12.4 Å². The van der Waals surface area contributed by atoms with Crippen LogP contribution >= 0.6 is 15.9 Å². The fraction of sp³-hybridized carbons (Fsp3) is 0.400. The molecule has 1 N–H and O–H groups in total. The Hall–Kier alpha value is -1.49. The molecule has 3 rings (SSSR count). The van der Waals surface area contributed by atoms with Crippen LogP contribution in [0.15, 0.2) is 29.0 Å². The summed E-state index contributed by atoms with van der Waals surface area (Å²) in [5, 5.41) is 3.15. The van der Waals surface area contributed by atoms with Crippen molar-refractivity contribution in [1.29, 1.82) is 0 Å². The van der Waals surface area contributed by atoms with Crippen LogP contribution in [0.2, 0.25) is 0 Å². The zero-order chi connectivity index (χ0) is 13.9. The molecule has 0 saturated heterocycles. The Morgan fingerprint density at radius 3 is 2.70 bits per heavy atom. The fourth-order valence-electron chi connectivity index (χ4n) is 2.72. The van der Waals surface area contributed by atoms with Gasteiger partial charge in [0.15, 0.2) is 5.82 Å². The van der Waals surface area contributed by atoms with Crippen molar-refractivity contribution >= 4 is 21.7 Å². The Morgan fingerprint density at radius 2 is 2.05 bits per heavy atom. The lowest BCUT2D eigenvalue weighted by molar-refractivity contribution is 0.691. The zero-order valence-corrected chi connectivity index (χ0v) is 13.0. The number of aromatic nitrogens is 3. The lowest BCUT2D eigenvalue weighted by Crippen LogP contribution is -2.06. The van der Waals surface area contributed by atoms with E-state index in [1.165, 1.54) is 25.7 Å².